The predicted octanol–water partition coefficient (Wildman–Crippen LogP) is 3.25. The molecule has 122 valence electrons. The normalized spacial score (nSPS) is 10.4. The molecular weight excluding hydrogens is 385 g/mol. The van der Waals surface area contributed by atoms with Gasteiger partial charge in [-0.2, -0.15) is 0 Å². The maximum absolute atomic E-state index is 13.2. The molecule has 0 unspecified atom stereocenters. The second-order valence-corrected chi connectivity index (χ2v) is 5.38. The number of amidine groups is 1. The molecule has 2 heterocycles. The van der Waals surface area contributed by atoms with Gasteiger partial charge >= 0.3 is 0 Å². The minimum atomic E-state index is -0.561. The zero-order valence-corrected chi connectivity index (χ0v) is 13.4. The number of anilines is 2. The van der Waals surface area contributed by atoms with Crippen LogP contribution in [0.15, 0.2) is 50.1 Å². The van der Waals surface area contributed by atoms with Crippen LogP contribution in [0.1, 0.15) is 16.2 Å². The lowest BCUT2D eigenvalue weighted by atomic mass is 10.3. The molecule has 2 aromatic heterocycles. The minimum absolute atomic E-state index is 0.0182. The van der Waals surface area contributed by atoms with Gasteiger partial charge in [0, 0.05) is 5.69 Å². The molecule has 3 aromatic rings. The summed E-state index contributed by atoms with van der Waals surface area (Å²) in [5.74, 6) is -1.15. The first-order chi connectivity index (χ1) is 11.5. The van der Waals surface area contributed by atoms with E-state index in [1.54, 1.807) is 6.07 Å². The van der Waals surface area contributed by atoms with E-state index in [4.69, 9.17) is 9.83 Å². The fourth-order valence-corrected chi connectivity index (χ4v) is 2.17. The Kier molecular flexibility index (Phi) is 4.38. The Labute approximate surface area is 142 Å². The highest BCUT2D eigenvalue weighted by Gasteiger charge is 2.19. The van der Waals surface area contributed by atoms with Gasteiger partial charge in [-0.1, -0.05) is 0 Å². The molecule has 0 radical (unpaired) electrons. The minimum Gasteiger partial charge on any atom is -0.459 e. The fourth-order valence-electron chi connectivity index (χ4n) is 1.79. The lowest BCUT2D eigenvalue weighted by molar-refractivity contribution is 0.0995. The van der Waals surface area contributed by atoms with Gasteiger partial charge in [0.25, 0.3) is 5.91 Å². The third-order valence-corrected chi connectivity index (χ3v) is 3.50. The molecule has 0 aliphatic rings. The van der Waals surface area contributed by atoms with Crippen molar-refractivity contribution >= 4 is 39.2 Å². The Balaban J connectivity index is 1.75. The van der Waals surface area contributed by atoms with E-state index in [2.05, 4.69) is 41.5 Å². The van der Waals surface area contributed by atoms with Gasteiger partial charge in [-0.15, -0.1) is 0 Å². The topological polar surface area (TPSA) is 117 Å². The van der Waals surface area contributed by atoms with E-state index in [0.717, 1.165) is 0 Å². The number of amides is 1. The maximum atomic E-state index is 13.2. The van der Waals surface area contributed by atoms with Gasteiger partial charge in [0.05, 0.1) is 10.7 Å². The molecule has 24 heavy (non-hydrogen) atoms. The smallest absolute Gasteiger partial charge is 0.292 e. The number of halogens is 2. The number of carbonyl (C=O) groups excluding carboxylic acids is 1. The molecule has 10 heteroatoms. The number of benzene rings is 1. The molecular formula is C14H9BrFN5O3. The van der Waals surface area contributed by atoms with Crippen molar-refractivity contribution in [3.05, 3.63) is 58.3 Å². The Bertz CT molecular complexity index is 894. The number of hydrogen-bond donors (Lipinski definition) is 3. The van der Waals surface area contributed by atoms with Gasteiger partial charge in [-0.05, 0) is 56.6 Å². The molecule has 1 aromatic carbocycles. The summed E-state index contributed by atoms with van der Waals surface area (Å²) < 4.78 is 23.0. The third-order valence-electron chi connectivity index (χ3n) is 2.89. The summed E-state index contributed by atoms with van der Waals surface area (Å²) in [6, 6.07) is 7.18. The number of nitrogens with one attached hydrogen (secondary N) is 3. The quantitative estimate of drug-likeness (QED) is 0.462. The van der Waals surface area contributed by atoms with E-state index < -0.39 is 11.7 Å². The van der Waals surface area contributed by atoms with E-state index in [-0.39, 0.29) is 27.6 Å². The number of aromatic nitrogens is 2. The van der Waals surface area contributed by atoms with Crippen LogP contribution < -0.4 is 10.6 Å². The third kappa shape index (κ3) is 3.33. The van der Waals surface area contributed by atoms with Crippen LogP contribution >= 0.6 is 15.9 Å². The van der Waals surface area contributed by atoms with Crippen molar-refractivity contribution in [2.45, 2.75) is 0 Å². The van der Waals surface area contributed by atoms with Crippen LogP contribution in [0, 0.1) is 11.2 Å². The summed E-state index contributed by atoms with van der Waals surface area (Å²) in [6.07, 6.45) is 1.35. The summed E-state index contributed by atoms with van der Waals surface area (Å²) >= 11 is 3.05. The lowest BCUT2D eigenvalue weighted by Gasteiger charge is -2.07. The molecule has 1 amide bonds. The number of carbonyl (C=O) groups is 1. The van der Waals surface area contributed by atoms with E-state index in [1.807, 2.05) is 0 Å². The molecule has 0 saturated carbocycles. The summed E-state index contributed by atoms with van der Waals surface area (Å²) in [5.41, 5.74) is 0.426. The summed E-state index contributed by atoms with van der Waals surface area (Å²) in [6.45, 7) is 0. The van der Waals surface area contributed by atoms with E-state index in [0.29, 0.717) is 5.69 Å². The van der Waals surface area contributed by atoms with Gasteiger partial charge in [-0.25, -0.2) is 9.02 Å². The Morgan fingerprint density at radius 3 is 2.79 bits per heavy atom. The van der Waals surface area contributed by atoms with Crippen LogP contribution in [-0.2, 0) is 0 Å². The second-order valence-electron chi connectivity index (χ2n) is 4.52. The predicted molar refractivity (Wildman–Crippen MR) is 85.5 cm³/mol. The highest BCUT2D eigenvalue weighted by Crippen LogP contribution is 2.21. The number of hydrogen-bond acceptors (Lipinski definition) is 6. The molecule has 0 saturated heterocycles. The van der Waals surface area contributed by atoms with E-state index >= 15 is 0 Å². The Morgan fingerprint density at radius 1 is 1.25 bits per heavy atom. The Morgan fingerprint density at radius 2 is 2.08 bits per heavy atom. The first-order valence-corrected chi connectivity index (χ1v) is 7.32. The van der Waals surface area contributed by atoms with E-state index in [9.17, 15) is 9.18 Å². The molecule has 8 nitrogen and oxygen atoms in total. The summed E-state index contributed by atoms with van der Waals surface area (Å²) in [4.78, 5) is 11.9. The SMILES string of the molecule is N=C(Nc1ccc(F)c(Br)c1)c1nonc1NC(=O)c1ccco1. The van der Waals surface area contributed by atoms with Crippen LogP contribution in [0.5, 0.6) is 0 Å². The van der Waals surface area contributed by atoms with Crippen LogP contribution in [-0.4, -0.2) is 22.1 Å². The molecule has 0 atom stereocenters. The van der Waals surface area contributed by atoms with Crippen LogP contribution in [0.25, 0.3) is 0 Å². The number of rotatable bonds is 4. The highest BCUT2D eigenvalue weighted by molar-refractivity contribution is 9.10. The highest BCUT2D eigenvalue weighted by atomic mass is 79.9. The van der Waals surface area contributed by atoms with Gasteiger partial charge in [0.15, 0.2) is 17.3 Å². The molecule has 0 aliphatic carbocycles. The lowest BCUT2D eigenvalue weighted by Crippen LogP contribution is -2.18. The molecule has 3 N–H and O–H groups in total. The van der Waals surface area contributed by atoms with Crippen molar-refractivity contribution in [1.82, 2.24) is 10.3 Å². The van der Waals surface area contributed by atoms with Gasteiger partial charge in [-0.3, -0.25) is 15.5 Å². The van der Waals surface area contributed by atoms with Gasteiger partial charge < -0.3 is 9.73 Å². The standard InChI is InChI=1S/C14H9BrFN5O3/c15-8-6-7(3-4-9(8)16)18-12(17)11-13(21-24-20-11)19-14(22)10-2-1-5-23-10/h1-6H,(H2,17,18)(H,19,21,22). The monoisotopic (exact) mass is 393 g/mol. The summed E-state index contributed by atoms with van der Waals surface area (Å²) in [7, 11) is 0. The van der Waals surface area contributed by atoms with Crippen molar-refractivity contribution in [3.63, 3.8) is 0 Å². The first-order valence-electron chi connectivity index (χ1n) is 6.53. The number of furan rings is 1. The van der Waals surface area contributed by atoms with Crippen molar-refractivity contribution in [1.29, 1.82) is 5.41 Å². The molecule has 0 fully saturated rings. The molecule has 0 bridgehead atoms. The first kappa shape index (κ1) is 15.9. The average molecular weight is 394 g/mol. The fraction of sp³-hybridized carbons (Fsp3) is 0. The average Bonchev–Trinajstić information content (AvgIpc) is 3.22. The van der Waals surface area contributed by atoms with Crippen molar-refractivity contribution in [3.8, 4) is 0 Å². The second kappa shape index (κ2) is 6.62. The zero-order valence-electron chi connectivity index (χ0n) is 11.8. The van der Waals surface area contributed by atoms with Crippen molar-refractivity contribution in [2.24, 2.45) is 0 Å². The van der Waals surface area contributed by atoms with Crippen LogP contribution in [0.3, 0.4) is 0 Å². The zero-order chi connectivity index (χ0) is 17.1. The van der Waals surface area contributed by atoms with Crippen molar-refractivity contribution < 1.29 is 18.2 Å². The number of nitrogens with zero attached hydrogens (tertiary/aromatic N) is 2. The van der Waals surface area contributed by atoms with E-state index in [1.165, 1.54) is 30.5 Å². The van der Waals surface area contributed by atoms with Crippen LogP contribution in [0.4, 0.5) is 15.9 Å². The summed E-state index contributed by atoms with van der Waals surface area (Å²) in [5, 5.41) is 20.3. The molecule has 0 spiro atoms. The molecule has 3 rings (SSSR count). The van der Waals surface area contributed by atoms with Gasteiger partial charge in [0.2, 0.25) is 5.82 Å². The molecule has 0 aliphatic heterocycles. The maximum Gasteiger partial charge on any atom is 0.292 e. The van der Waals surface area contributed by atoms with Crippen molar-refractivity contribution in [2.75, 3.05) is 10.6 Å². The van der Waals surface area contributed by atoms with Gasteiger partial charge in [0.1, 0.15) is 5.82 Å². The van der Waals surface area contributed by atoms with Crippen LogP contribution in [0.2, 0.25) is 0 Å². The Hall–Kier alpha value is -3.01. The largest absolute Gasteiger partial charge is 0.459 e.